The zero-order chi connectivity index (χ0) is 15.2. The standard InChI is InChI=1S/C13H8BrF3N4/c14-10-3-1-7(5-9(10)13(15,16)17)12-20-19-11-4-2-8(18)6-21(11)12/h1-6H,18H2. The summed E-state index contributed by atoms with van der Waals surface area (Å²) in [4.78, 5) is 0. The quantitative estimate of drug-likeness (QED) is 0.722. The molecule has 8 heteroatoms. The van der Waals surface area contributed by atoms with Crippen molar-refractivity contribution in [1.82, 2.24) is 14.6 Å². The highest BCUT2D eigenvalue weighted by molar-refractivity contribution is 9.10. The number of pyridine rings is 1. The summed E-state index contributed by atoms with van der Waals surface area (Å²) in [6, 6.07) is 7.21. The van der Waals surface area contributed by atoms with Crippen molar-refractivity contribution in [2.45, 2.75) is 6.18 Å². The minimum atomic E-state index is -4.45. The van der Waals surface area contributed by atoms with E-state index in [9.17, 15) is 13.2 Å². The van der Waals surface area contributed by atoms with E-state index >= 15 is 0 Å². The Hall–Kier alpha value is -2.09. The molecule has 0 bridgehead atoms. The Labute approximate surface area is 125 Å². The van der Waals surface area contributed by atoms with Crippen LogP contribution >= 0.6 is 15.9 Å². The van der Waals surface area contributed by atoms with Crippen LogP contribution in [0.1, 0.15) is 5.56 Å². The van der Waals surface area contributed by atoms with Gasteiger partial charge in [0.2, 0.25) is 0 Å². The van der Waals surface area contributed by atoms with Crippen molar-refractivity contribution in [3.05, 3.63) is 46.6 Å². The number of fused-ring (bicyclic) bond motifs is 1. The summed E-state index contributed by atoms with van der Waals surface area (Å²) in [7, 11) is 0. The third kappa shape index (κ3) is 2.46. The molecule has 0 fully saturated rings. The van der Waals surface area contributed by atoms with Gasteiger partial charge in [0.15, 0.2) is 11.5 Å². The highest BCUT2D eigenvalue weighted by atomic mass is 79.9. The van der Waals surface area contributed by atoms with Crippen molar-refractivity contribution in [3.8, 4) is 11.4 Å². The predicted molar refractivity (Wildman–Crippen MR) is 75.5 cm³/mol. The van der Waals surface area contributed by atoms with E-state index in [1.807, 2.05) is 0 Å². The number of aromatic nitrogens is 3. The SMILES string of the molecule is Nc1ccc2nnc(-c3ccc(Br)c(C(F)(F)F)c3)n2c1. The molecule has 0 aliphatic rings. The Morgan fingerprint density at radius 2 is 1.86 bits per heavy atom. The number of halogens is 4. The Balaban J connectivity index is 2.21. The Morgan fingerprint density at radius 3 is 2.57 bits per heavy atom. The van der Waals surface area contributed by atoms with Crippen LogP contribution in [0.25, 0.3) is 17.0 Å². The Bertz CT molecular complexity index is 826. The molecule has 0 saturated heterocycles. The molecule has 21 heavy (non-hydrogen) atoms. The zero-order valence-corrected chi connectivity index (χ0v) is 12.0. The van der Waals surface area contributed by atoms with Crippen LogP contribution in [0.4, 0.5) is 18.9 Å². The lowest BCUT2D eigenvalue weighted by Gasteiger charge is -2.10. The van der Waals surface area contributed by atoms with Gasteiger partial charge in [0, 0.05) is 21.9 Å². The first-order valence-electron chi connectivity index (χ1n) is 5.83. The fourth-order valence-electron chi connectivity index (χ4n) is 1.99. The van der Waals surface area contributed by atoms with Gasteiger partial charge in [-0.25, -0.2) is 0 Å². The summed E-state index contributed by atoms with van der Waals surface area (Å²) < 4.78 is 40.4. The average molecular weight is 357 g/mol. The molecular weight excluding hydrogens is 349 g/mol. The second kappa shape index (κ2) is 4.73. The number of rotatable bonds is 1. The third-order valence-electron chi connectivity index (χ3n) is 2.96. The molecule has 3 rings (SSSR count). The third-order valence-corrected chi connectivity index (χ3v) is 3.65. The predicted octanol–water partition coefficient (Wildman–Crippen LogP) is 3.76. The van der Waals surface area contributed by atoms with Crippen LogP contribution in [0, 0.1) is 0 Å². The molecule has 4 nitrogen and oxygen atoms in total. The number of nitrogen functional groups attached to an aromatic ring is 1. The van der Waals surface area contributed by atoms with Crippen LogP contribution in [0.5, 0.6) is 0 Å². The summed E-state index contributed by atoms with van der Waals surface area (Å²) in [5.74, 6) is 0.301. The first-order chi connectivity index (χ1) is 9.86. The van der Waals surface area contributed by atoms with E-state index in [2.05, 4.69) is 26.1 Å². The number of hydrogen-bond acceptors (Lipinski definition) is 3. The van der Waals surface area contributed by atoms with E-state index in [0.717, 1.165) is 6.07 Å². The van der Waals surface area contributed by atoms with Crippen LogP contribution in [-0.2, 0) is 6.18 Å². The number of nitrogens with two attached hydrogens (primary N) is 1. The van der Waals surface area contributed by atoms with Gasteiger partial charge in [-0.15, -0.1) is 10.2 Å². The van der Waals surface area contributed by atoms with Gasteiger partial charge in [-0.1, -0.05) is 22.0 Å². The summed E-state index contributed by atoms with van der Waals surface area (Å²) in [5, 5.41) is 7.85. The number of anilines is 1. The maximum atomic E-state index is 13.0. The summed E-state index contributed by atoms with van der Waals surface area (Å²) in [6.45, 7) is 0. The van der Waals surface area contributed by atoms with Crippen LogP contribution in [0.2, 0.25) is 0 Å². The van der Waals surface area contributed by atoms with Crippen molar-refractivity contribution < 1.29 is 13.2 Å². The van der Waals surface area contributed by atoms with E-state index < -0.39 is 11.7 Å². The normalized spacial score (nSPS) is 12.0. The second-order valence-corrected chi connectivity index (χ2v) is 5.26. The van der Waals surface area contributed by atoms with Crippen molar-refractivity contribution in [3.63, 3.8) is 0 Å². The topological polar surface area (TPSA) is 56.2 Å². The molecule has 108 valence electrons. The summed E-state index contributed by atoms with van der Waals surface area (Å²) >= 11 is 2.91. The van der Waals surface area contributed by atoms with E-state index in [1.54, 1.807) is 28.8 Å². The highest BCUT2D eigenvalue weighted by Crippen LogP contribution is 2.37. The van der Waals surface area contributed by atoms with Crippen LogP contribution in [0.15, 0.2) is 41.0 Å². The lowest BCUT2D eigenvalue weighted by Crippen LogP contribution is -2.06. The van der Waals surface area contributed by atoms with Crippen molar-refractivity contribution in [1.29, 1.82) is 0 Å². The highest BCUT2D eigenvalue weighted by Gasteiger charge is 2.33. The second-order valence-electron chi connectivity index (χ2n) is 4.41. The lowest BCUT2D eigenvalue weighted by molar-refractivity contribution is -0.138. The minimum absolute atomic E-state index is 0.0212. The average Bonchev–Trinajstić information content (AvgIpc) is 2.81. The molecule has 0 amide bonds. The largest absolute Gasteiger partial charge is 0.417 e. The van der Waals surface area contributed by atoms with Crippen LogP contribution < -0.4 is 5.73 Å². The van der Waals surface area contributed by atoms with Gasteiger partial charge in [-0.05, 0) is 24.3 Å². The minimum Gasteiger partial charge on any atom is -0.398 e. The molecule has 1 aromatic carbocycles. The zero-order valence-electron chi connectivity index (χ0n) is 10.4. The fourth-order valence-corrected chi connectivity index (χ4v) is 2.46. The van der Waals surface area contributed by atoms with Crippen molar-refractivity contribution in [2.24, 2.45) is 0 Å². The molecule has 0 radical (unpaired) electrons. The number of benzene rings is 1. The lowest BCUT2D eigenvalue weighted by atomic mass is 10.1. The smallest absolute Gasteiger partial charge is 0.398 e. The Kier molecular flexibility index (Phi) is 3.12. The molecule has 2 aromatic heterocycles. The molecular formula is C13H8BrF3N4. The summed E-state index contributed by atoms with van der Waals surface area (Å²) in [6.07, 6.45) is -2.88. The number of nitrogens with zero attached hydrogens (tertiary/aromatic N) is 3. The van der Waals surface area contributed by atoms with Gasteiger partial charge in [0.25, 0.3) is 0 Å². The number of alkyl halides is 3. The fraction of sp³-hybridized carbons (Fsp3) is 0.0769. The molecule has 3 aromatic rings. The first-order valence-corrected chi connectivity index (χ1v) is 6.63. The Morgan fingerprint density at radius 1 is 1.10 bits per heavy atom. The number of hydrogen-bond donors (Lipinski definition) is 1. The maximum Gasteiger partial charge on any atom is 0.417 e. The monoisotopic (exact) mass is 356 g/mol. The van der Waals surface area contributed by atoms with Gasteiger partial charge in [0.05, 0.1) is 5.56 Å². The first kappa shape index (κ1) is 13.9. The van der Waals surface area contributed by atoms with Crippen molar-refractivity contribution in [2.75, 3.05) is 5.73 Å². The van der Waals surface area contributed by atoms with Gasteiger partial charge in [0.1, 0.15) is 0 Å². The summed E-state index contributed by atoms with van der Waals surface area (Å²) in [5.41, 5.74) is 6.21. The van der Waals surface area contributed by atoms with E-state index in [-0.39, 0.29) is 4.47 Å². The molecule has 2 N–H and O–H groups in total. The van der Waals surface area contributed by atoms with E-state index in [1.165, 1.54) is 6.07 Å². The van der Waals surface area contributed by atoms with Crippen LogP contribution in [-0.4, -0.2) is 14.6 Å². The van der Waals surface area contributed by atoms with Gasteiger partial charge >= 0.3 is 6.18 Å². The van der Waals surface area contributed by atoms with Gasteiger partial charge < -0.3 is 5.73 Å². The molecule has 0 aliphatic carbocycles. The molecule has 0 saturated carbocycles. The maximum absolute atomic E-state index is 13.0. The molecule has 0 spiro atoms. The van der Waals surface area contributed by atoms with Gasteiger partial charge in [-0.3, -0.25) is 4.40 Å². The molecule has 0 aliphatic heterocycles. The van der Waals surface area contributed by atoms with Crippen molar-refractivity contribution >= 4 is 27.3 Å². The van der Waals surface area contributed by atoms with Gasteiger partial charge in [-0.2, -0.15) is 13.2 Å². The van der Waals surface area contributed by atoms with E-state index in [0.29, 0.717) is 22.7 Å². The van der Waals surface area contributed by atoms with E-state index in [4.69, 9.17) is 5.73 Å². The molecule has 0 unspecified atom stereocenters. The molecule has 0 atom stereocenters. The van der Waals surface area contributed by atoms with Crippen LogP contribution in [0.3, 0.4) is 0 Å². The molecule has 2 heterocycles.